The summed E-state index contributed by atoms with van der Waals surface area (Å²) in [5.41, 5.74) is 1.20. The van der Waals surface area contributed by atoms with Crippen LogP contribution in [0.1, 0.15) is 29.3 Å². The predicted molar refractivity (Wildman–Crippen MR) is 89.8 cm³/mol. The standard InChI is InChI=1S/C19H18O5/c1-3-8-23-15-7-4-12(9-17(15)22-2)10-18-19(21)14-6-5-13(20)11-16(14)24-18/h4-7,9-11,20H,3,8H2,1-2H3/b18-10-. The fourth-order valence-corrected chi connectivity index (χ4v) is 2.43. The first-order chi connectivity index (χ1) is 11.6. The maximum absolute atomic E-state index is 12.3. The molecule has 0 saturated heterocycles. The van der Waals surface area contributed by atoms with E-state index in [0.717, 1.165) is 12.0 Å². The van der Waals surface area contributed by atoms with Crippen LogP contribution in [0.25, 0.3) is 6.08 Å². The molecule has 0 unspecified atom stereocenters. The Balaban J connectivity index is 1.88. The van der Waals surface area contributed by atoms with E-state index in [1.807, 2.05) is 13.0 Å². The van der Waals surface area contributed by atoms with E-state index in [-0.39, 0.29) is 17.3 Å². The Kier molecular flexibility index (Phi) is 4.42. The van der Waals surface area contributed by atoms with Crippen molar-refractivity contribution in [2.45, 2.75) is 13.3 Å². The number of methoxy groups -OCH3 is 1. The topological polar surface area (TPSA) is 65.0 Å². The molecular formula is C19H18O5. The summed E-state index contributed by atoms with van der Waals surface area (Å²) in [6.07, 6.45) is 2.55. The number of carbonyl (C=O) groups excluding carboxylic acids is 1. The second-order valence-electron chi connectivity index (χ2n) is 5.38. The zero-order valence-corrected chi connectivity index (χ0v) is 13.5. The quantitative estimate of drug-likeness (QED) is 0.847. The van der Waals surface area contributed by atoms with Crippen molar-refractivity contribution in [3.05, 3.63) is 53.3 Å². The lowest BCUT2D eigenvalue weighted by Crippen LogP contribution is -1.99. The Hall–Kier alpha value is -2.95. The van der Waals surface area contributed by atoms with Gasteiger partial charge in [-0.15, -0.1) is 0 Å². The van der Waals surface area contributed by atoms with Gasteiger partial charge in [-0.2, -0.15) is 0 Å². The average Bonchev–Trinajstić information content (AvgIpc) is 2.88. The number of carbonyl (C=O) groups is 1. The molecular weight excluding hydrogens is 308 g/mol. The predicted octanol–water partition coefficient (Wildman–Crippen LogP) is 3.81. The van der Waals surface area contributed by atoms with Crippen molar-refractivity contribution in [3.8, 4) is 23.0 Å². The Morgan fingerprint density at radius 1 is 1.17 bits per heavy atom. The normalized spacial score (nSPS) is 14.4. The SMILES string of the molecule is CCCOc1ccc(/C=C2\Oc3cc(O)ccc3C2=O)cc1OC. The largest absolute Gasteiger partial charge is 0.508 e. The summed E-state index contributed by atoms with van der Waals surface area (Å²) in [4.78, 5) is 12.3. The lowest BCUT2D eigenvalue weighted by Gasteiger charge is -2.10. The van der Waals surface area contributed by atoms with E-state index in [1.165, 1.54) is 12.1 Å². The first kappa shape index (κ1) is 15.9. The molecule has 1 aliphatic rings. The van der Waals surface area contributed by atoms with Gasteiger partial charge in [0.25, 0.3) is 0 Å². The van der Waals surface area contributed by atoms with Crippen molar-refractivity contribution < 1.29 is 24.1 Å². The highest BCUT2D eigenvalue weighted by Gasteiger charge is 2.27. The van der Waals surface area contributed by atoms with Crippen LogP contribution in [0.4, 0.5) is 0 Å². The number of rotatable bonds is 5. The van der Waals surface area contributed by atoms with E-state index in [1.54, 1.807) is 31.4 Å². The maximum Gasteiger partial charge on any atom is 0.231 e. The Bertz CT molecular complexity index is 807. The van der Waals surface area contributed by atoms with Gasteiger partial charge in [-0.05, 0) is 42.3 Å². The molecule has 0 amide bonds. The third kappa shape index (κ3) is 3.06. The highest BCUT2D eigenvalue weighted by Crippen LogP contribution is 2.35. The van der Waals surface area contributed by atoms with Crippen LogP contribution in [-0.2, 0) is 0 Å². The highest BCUT2D eigenvalue weighted by molar-refractivity contribution is 6.14. The van der Waals surface area contributed by atoms with Crippen molar-refractivity contribution in [1.82, 2.24) is 0 Å². The van der Waals surface area contributed by atoms with Crippen LogP contribution in [0, 0.1) is 0 Å². The smallest absolute Gasteiger partial charge is 0.231 e. The second kappa shape index (κ2) is 6.66. The molecule has 5 nitrogen and oxygen atoms in total. The number of phenols is 1. The van der Waals surface area contributed by atoms with Gasteiger partial charge in [0.05, 0.1) is 19.3 Å². The van der Waals surface area contributed by atoms with E-state index in [4.69, 9.17) is 14.2 Å². The van der Waals surface area contributed by atoms with Gasteiger partial charge in [0, 0.05) is 6.07 Å². The van der Waals surface area contributed by atoms with E-state index in [0.29, 0.717) is 29.4 Å². The maximum atomic E-state index is 12.3. The van der Waals surface area contributed by atoms with E-state index >= 15 is 0 Å². The molecule has 24 heavy (non-hydrogen) atoms. The summed E-state index contributed by atoms with van der Waals surface area (Å²) in [6, 6.07) is 9.87. The lowest BCUT2D eigenvalue weighted by molar-refractivity contribution is 0.101. The van der Waals surface area contributed by atoms with Gasteiger partial charge in [0.15, 0.2) is 17.3 Å². The zero-order chi connectivity index (χ0) is 17.1. The van der Waals surface area contributed by atoms with Crippen LogP contribution in [0.3, 0.4) is 0 Å². The van der Waals surface area contributed by atoms with Gasteiger partial charge in [0.2, 0.25) is 5.78 Å². The molecule has 2 aromatic carbocycles. The Morgan fingerprint density at radius 2 is 2.00 bits per heavy atom. The molecule has 0 spiro atoms. The van der Waals surface area contributed by atoms with Gasteiger partial charge in [-0.25, -0.2) is 0 Å². The van der Waals surface area contributed by atoms with Crippen molar-refractivity contribution in [2.24, 2.45) is 0 Å². The molecule has 0 atom stereocenters. The Labute approximate surface area is 140 Å². The summed E-state index contributed by atoms with van der Waals surface area (Å²) in [6.45, 7) is 2.64. The van der Waals surface area contributed by atoms with Crippen LogP contribution in [0.5, 0.6) is 23.0 Å². The minimum absolute atomic E-state index is 0.0573. The Morgan fingerprint density at radius 3 is 2.75 bits per heavy atom. The second-order valence-corrected chi connectivity index (χ2v) is 5.38. The van der Waals surface area contributed by atoms with Crippen molar-refractivity contribution in [3.63, 3.8) is 0 Å². The molecule has 1 aliphatic heterocycles. The van der Waals surface area contributed by atoms with Gasteiger partial charge in [0.1, 0.15) is 11.5 Å². The number of hydrogen-bond acceptors (Lipinski definition) is 5. The molecule has 0 fully saturated rings. The lowest BCUT2D eigenvalue weighted by atomic mass is 10.1. The van der Waals surface area contributed by atoms with Crippen LogP contribution in [0.2, 0.25) is 0 Å². The number of phenolic OH excluding ortho intramolecular Hbond substituents is 1. The summed E-state index contributed by atoms with van der Waals surface area (Å²) in [5.74, 6) is 1.67. The van der Waals surface area contributed by atoms with Crippen LogP contribution in [0.15, 0.2) is 42.2 Å². The van der Waals surface area contributed by atoms with Crippen molar-refractivity contribution in [2.75, 3.05) is 13.7 Å². The minimum atomic E-state index is -0.213. The number of allylic oxidation sites excluding steroid dienone is 1. The molecule has 1 N–H and O–H groups in total. The van der Waals surface area contributed by atoms with E-state index in [9.17, 15) is 9.90 Å². The molecule has 1 heterocycles. The molecule has 5 heteroatoms. The zero-order valence-electron chi connectivity index (χ0n) is 13.5. The average molecular weight is 326 g/mol. The highest BCUT2D eigenvalue weighted by atomic mass is 16.5. The summed E-state index contributed by atoms with van der Waals surface area (Å²) in [5, 5.41) is 9.49. The third-order valence-corrected chi connectivity index (χ3v) is 3.60. The summed E-state index contributed by atoms with van der Waals surface area (Å²) >= 11 is 0. The summed E-state index contributed by atoms with van der Waals surface area (Å²) in [7, 11) is 1.57. The van der Waals surface area contributed by atoms with Gasteiger partial charge in [-0.3, -0.25) is 4.79 Å². The molecule has 124 valence electrons. The number of aromatic hydroxyl groups is 1. The van der Waals surface area contributed by atoms with E-state index in [2.05, 4.69) is 0 Å². The van der Waals surface area contributed by atoms with Crippen LogP contribution in [-0.4, -0.2) is 24.6 Å². The number of benzene rings is 2. The first-order valence-electron chi connectivity index (χ1n) is 7.70. The molecule has 0 saturated carbocycles. The molecule has 3 rings (SSSR count). The fourth-order valence-electron chi connectivity index (χ4n) is 2.43. The molecule has 2 aromatic rings. The molecule has 0 bridgehead atoms. The third-order valence-electron chi connectivity index (χ3n) is 3.60. The first-order valence-corrected chi connectivity index (χ1v) is 7.70. The van der Waals surface area contributed by atoms with Gasteiger partial charge >= 0.3 is 0 Å². The minimum Gasteiger partial charge on any atom is -0.508 e. The number of ether oxygens (including phenoxy) is 3. The van der Waals surface area contributed by atoms with Gasteiger partial charge in [-0.1, -0.05) is 13.0 Å². The number of fused-ring (bicyclic) bond motifs is 1. The van der Waals surface area contributed by atoms with Crippen molar-refractivity contribution >= 4 is 11.9 Å². The molecule has 0 aromatic heterocycles. The monoisotopic (exact) mass is 326 g/mol. The van der Waals surface area contributed by atoms with E-state index < -0.39 is 0 Å². The fraction of sp³-hybridized carbons (Fsp3) is 0.211. The summed E-state index contributed by atoms with van der Waals surface area (Å²) < 4.78 is 16.5. The molecule has 0 aliphatic carbocycles. The van der Waals surface area contributed by atoms with Crippen LogP contribution >= 0.6 is 0 Å². The number of hydrogen-bond donors (Lipinski definition) is 1. The number of Topliss-reactive ketones (excluding diaryl/α,β-unsaturated/α-hetero) is 1. The van der Waals surface area contributed by atoms with Gasteiger partial charge < -0.3 is 19.3 Å². The molecule has 0 radical (unpaired) electrons. The number of ketones is 1. The van der Waals surface area contributed by atoms with Crippen molar-refractivity contribution in [1.29, 1.82) is 0 Å². The van der Waals surface area contributed by atoms with Crippen LogP contribution < -0.4 is 14.2 Å².